The number of methoxy groups -OCH3 is 1. The summed E-state index contributed by atoms with van der Waals surface area (Å²) in [5.41, 5.74) is 6.89. The maximum Gasteiger partial charge on any atom is 0.0805 e. The van der Waals surface area contributed by atoms with Gasteiger partial charge in [-0.25, -0.2) is 0 Å². The first-order chi connectivity index (χ1) is 9.20. The topological polar surface area (TPSA) is 55.5 Å². The Hall–Kier alpha value is -1.42. The fourth-order valence-electron chi connectivity index (χ4n) is 2.22. The Morgan fingerprint density at radius 3 is 2.63 bits per heavy atom. The quantitative estimate of drug-likeness (QED) is 0.838. The molecule has 0 aromatic heterocycles. The third-order valence-electron chi connectivity index (χ3n) is 3.38. The van der Waals surface area contributed by atoms with E-state index in [4.69, 9.17) is 10.5 Å². The molecule has 19 heavy (non-hydrogen) atoms. The first kappa shape index (κ1) is 14.0. The third kappa shape index (κ3) is 3.77. The number of nitrogens with two attached hydrogens (primary N) is 1. The Labute approximate surface area is 114 Å². The zero-order chi connectivity index (χ0) is 13.7. The number of rotatable bonds is 6. The summed E-state index contributed by atoms with van der Waals surface area (Å²) >= 11 is 0. The summed E-state index contributed by atoms with van der Waals surface area (Å²) in [5.74, 6) is 0. The van der Waals surface area contributed by atoms with E-state index in [2.05, 4.69) is 12.1 Å². The number of aliphatic hydroxyl groups is 1. The Balaban J connectivity index is 2.06. The van der Waals surface area contributed by atoms with E-state index in [1.54, 1.807) is 7.11 Å². The van der Waals surface area contributed by atoms with Crippen LogP contribution >= 0.6 is 0 Å². The van der Waals surface area contributed by atoms with Crippen LogP contribution in [0.1, 0.15) is 24.5 Å². The van der Waals surface area contributed by atoms with Crippen LogP contribution in [0.15, 0.2) is 42.5 Å². The van der Waals surface area contributed by atoms with Crippen molar-refractivity contribution in [3.8, 4) is 0 Å². The van der Waals surface area contributed by atoms with Gasteiger partial charge >= 0.3 is 0 Å². The molecule has 3 nitrogen and oxygen atoms in total. The zero-order valence-electron chi connectivity index (χ0n) is 11.3. The van der Waals surface area contributed by atoms with Gasteiger partial charge in [0.15, 0.2) is 0 Å². The van der Waals surface area contributed by atoms with Crippen LogP contribution in [0.25, 0.3) is 10.8 Å². The molecule has 0 amide bonds. The highest BCUT2D eigenvalue weighted by Gasteiger charge is 2.13. The minimum absolute atomic E-state index is 0.0404. The van der Waals surface area contributed by atoms with Gasteiger partial charge in [-0.15, -0.1) is 0 Å². The minimum Gasteiger partial charge on any atom is -0.388 e. The molecule has 0 bridgehead atoms. The van der Waals surface area contributed by atoms with Crippen molar-refractivity contribution in [3.05, 3.63) is 48.0 Å². The molecule has 102 valence electrons. The Morgan fingerprint density at radius 1 is 1.16 bits per heavy atom. The molecule has 0 saturated carbocycles. The molecule has 0 heterocycles. The lowest BCUT2D eigenvalue weighted by molar-refractivity contribution is 0.141. The third-order valence-corrected chi connectivity index (χ3v) is 3.38. The number of benzene rings is 2. The monoisotopic (exact) mass is 259 g/mol. The van der Waals surface area contributed by atoms with Gasteiger partial charge in [-0.2, -0.15) is 0 Å². The lowest BCUT2D eigenvalue weighted by Gasteiger charge is -2.17. The molecule has 3 heteroatoms. The average molecular weight is 259 g/mol. The fourth-order valence-corrected chi connectivity index (χ4v) is 2.22. The maximum atomic E-state index is 10.2. The first-order valence-corrected chi connectivity index (χ1v) is 6.62. The van der Waals surface area contributed by atoms with Crippen molar-refractivity contribution in [3.63, 3.8) is 0 Å². The number of hydrogen-bond acceptors (Lipinski definition) is 3. The van der Waals surface area contributed by atoms with Gasteiger partial charge in [0.05, 0.1) is 6.10 Å². The lowest BCUT2D eigenvalue weighted by Crippen LogP contribution is -2.24. The van der Waals surface area contributed by atoms with Crippen LogP contribution in [-0.2, 0) is 4.74 Å². The highest BCUT2D eigenvalue weighted by molar-refractivity contribution is 5.83. The molecule has 3 N–H and O–H groups in total. The Morgan fingerprint density at radius 2 is 1.89 bits per heavy atom. The average Bonchev–Trinajstić information content (AvgIpc) is 2.44. The Bertz CT molecular complexity index is 527. The molecule has 2 aromatic carbocycles. The second kappa shape index (κ2) is 6.66. The second-order valence-electron chi connectivity index (χ2n) is 4.90. The lowest BCUT2D eigenvalue weighted by atomic mass is 9.98. The van der Waals surface area contributed by atoms with Crippen LogP contribution in [0.2, 0.25) is 0 Å². The molecular weight excluding hydrogens is 238 g/mol. The van der Waals surface area contributed by atoms with Gasteiger partial charge in [0.2, 0.25) is 0 Å². The van der Waals surface area contributed by atoms with Crippen LogP contribution in [0.5, 0.6) is 0 Å². The molecule has 0 fully saturated rings. The summed E-state index contributed by atoms with van der Waals surface area (Å²) in [4.78, 5) is 0. The van der Waals surface area contributed by atoms with Crippen molar-refractivity contribution < 1.29 is 9.84 Å². The zero-order valence-corrected chi connectivity index (χ0v) is 11.3. The van der Waals surface area contributed by atoms with Crippen LogP contribution in [0, 0.1) is 0 Å². The molecule has 0 aliphatic rings. The van der Waals surface area contributed by atoms with E-state index in [-0.39, 0.29) is 6.04 Å². The van der Waals surface area contributed by atoms with E-state index in [0.29, 0.717) is 13.0 Å². The first-order valence-electron chi connectivity index (χ1n) is 6.62. The summed E-state index contributed by atoms with van der Waals surface area (Å²) in [6.45, 7) is 0.631. The normalized spacial score (nSPS) is 14.5. The summed E-state index contributed by atoms with van der Waals surface area (Å²) in [7, 11) is 1.66. The van der Waals surface area contributed by atoms with Crippen molar-refractivity contribution in [1.29, 1.82) is 0 Å². The molecule has 0 spiro atoms. The van der Waals surface area contributed by atoms with Crippen molar-refractivity contribution in [2.75, 3.05) is 13.7 Å². The largest absolute Gasteiger partial charge is 0.388 e. The summed E-state index contributed by atoms with van der Waals surface area (Å²) in [6.07, 6.45) is 0.805. The molecular formula is C16H21NO2. The molecule has 0 saturated heterocycles. The van der Waals surface area contributed by atoms with Gasteiger partial charge in [0.25, 0.3) is 0 Å². The van der Waals surface area contributed by atoms with Crippen LogP contribution in [-0.4, -0.2) is 24.9 Å². The van der Waals surface area contributed by atoms with E-state index in [0.717, 1.165) is 17.4 Å². The Kier molecular flexibility index (Phi) is 4.91. The maximum absolute atomic E-state index is 10.2. The number of ether oxygens (including phenoxy) is 1. The van der Waals surface area contributed by atoms with Crippen molar-refractivity contribution in [2.45, 2.75) is 25.0 Å². The minimum atomic E-state index is -0.517. The SMILES string of the molecule is COCCC(N)CC(O)c1ccc2ccccc2c1. The van der Waals surface area contributed by atoms with E-state index < -0.39 is 6.10 Å². The number of aliphatic hydroxyl groups excluding tert-OH is 1. The van der Waals surface area contributed by atoms with E-state index >= 15 is 0 Å². The van der Waals surface area contributed by atoms with E-state index in [1.165, 1.54) is 5.39 Å². The van der Waals surface area contributed by atoms with Gasteiger partial charge in [-0.3, -0.25) is 0 Å². The standard InChI is InChI=1S/C16H21NO2/c1-19-9-8-15(17)11-16(18)14-7-6-12-4-2-3-5-13(12)10-14/h2-7,10,15-16,18H,8-9,11,17H2,1H3. The van der Waals surface area contributed by atoms with Gasteiger partial charge in [-0.1, -0.05) is 36.4 Å². The van der Waals surface area contributed by atoms with Gasteiger partial charge in [0.1, 0.15) is 0 Å². The summed E-state index contributed by atoms with van der Waals surface area (Å²) in [5, 5.41) is 12.6. The smallest absolute Gasteiger partial charge is 0.0805 e. The highest BCUT2D eigenvalue weighted by atomic mass is 16.5. The molecule has 0 aliphatic heterocycles. The van der Waals surface area contributed by atoms with Crippen molar-refractivity contribution in [1.82, 2.24) is 0 Å². The summed E-state index contributed by atoms with van der Waals surface area (Å²) < 4.78 is 5.00. The van der Waals surface area contributed by atoms with Crippen molar-refractivity contribution in [2.24, 2.45) is 5.73 Å². The second-order valence-corrected chi connectivity index (χ2v) is 4.90. The molecule has 2 aromatic rings. The molecule has 2 rings (SSSR count). The van der Waals surface area contributed by atoms with Crippen LogP contribution < -0.4 is 5.73 Å². The predicted molar refractivity (Wildman–Crippen MR) is 78.0 cm³/mol. The highest BCUT2D eigenvalue weighted by Crippen LogP contribution is 2.23. The molecule has 2 unspecified atom stereocenters. The van der Waals surface area contributed by atoms with Crippen LogP contribution in [0.4, 0.5) is 0 Å². The number of fused-ring (bicyclic) bond motifs is 1. The van der Waals surface area contributed by atoms with Crippen LogP contribution in [0.3, 0.4) is 0 Å². The predicted octanol–water partition coefficient (Wildman–Crippen LogP) is 2.63. The van der Waals surface area contributed by atoms with Gasteiger partial charge in [-0.05, 0) is 35.2 Å². The van der Waals surface area contributed by atoms with Gasteiger partial charge < -0.3 is 15.6 Å². The molecule has 2 atom stereocenters. The summed E-state index contributed by atoms with van der Waals surface area (Å²) in [6, 6.07) is 14.1. The number of hydrogen-bond donors (Lipinski definition) is 2. The van der Waals surface area contributed by atoms with E-state index in [9.17, 15) is 5.11 Å². The molecule has 0 radical (unpaired) electrons. The van der Waals surface area contributed by atoms with Gasteiger partial charge in [0, 0.05) is 19.8 Å². The van der Waals surface area contributed by atoms with E-state index in [1.807, 2.05) is 30.3 Å². The fraction of sp³-hybridized carbons (Fsp3) is 0.375. The molecule has 0 aliphatic carbocycles. The van der Waals surface area contributed by atoms with Crippen molar-refractivity contribution >= 4 is 10.8 Å².